The van der Waals surface area contributed by atoms with Crippen LogP contribution in [0.25, 0.3) is 0 Å². The minimum atomic E-state index is -0.178. The second-order valence-corrected chi connectivity index (χ2v) is 6.79. The van der Waals surface area contributed by atoms with E-state index in [4.69, 9.17) is 9.47 Å². The number of carbonyl (C=O) groups is 1. The summed E-state index contributed by atoms with van der Waals surface area (Å²) in [5.41, 5.74) is 1.75. The van der Waals surface area contributed by atoms with E-state index in [1.54, 1.807) is 23.9 Å². The lowest BCUT2D eigenvalue weighted by Gasteiger charge is -2.06. The lowest BCUT2D eigenvalue weighted by molar-refractivity contribution is -0.120. The highest BCUT2D eigenvalue weighted by Gasteiger charge is 2.13. The number of carbonyl (C=O) groups excluding carboxylic acids is 1. The first kappa shape index (κ1) is 17.6. The summed E-state index contributed by atoms with van der Waals surface area (Å²) in [5, 5.41) is 2.90. The van der Waals surface area contributed by atoms with Crippen LogP contribution in [-0.2, 0) is 17.0 Å². The summed E-state index contributed by atoms with van der Waals surface area (Å²) in [6.45, 7) is 0.836. The molecule has 1 amide bonds. The summed E-state index contributed by atoms with van der Waals surface area (Å²) in [7, 11) is 0. The average molecular weight is 361 g/mol. The van der Waals surface area contributed by atoms with Crippen molar-refractivity contribution >= 4 is 17.7 Å². The molecule has 0 radical (unpaired) electrons. The van der Waals surface area contributed by atoms with Gasteiger partial charge in [-0.05, 0) is 35.7 Å². The number of fused-ring (bicyclic) bond motifs is 1. The van der Waals surface area contributed by atoms with Gasteiger partial charge < -0.3 is 14.8 Å². The molecule has 1 aliphatic rings. The predicted octanol–water partition coefficient (Wildman–Crippen LogP) is 3.54. The zero-order valence-corrected chi connectivity index (χ0v) is 14.6. The van der Waals surface area contributed by atoms with Gasteiger partial charge in [-0.1, -0.05) is 24.3 Å². The van der Waals surface area contributed by atoms with Gasteiger partial charge >= 0.3 is 0 Å². The summed E-state index contributed by atoms with van der Waals surface area (Å²) in [6.07, 6.45) is 1.09. The Bertz CT molecular complexity index is 738. The number of thioether (sulfide) groups is 1. The van der Waals surface area contributed by atoms with E-state index in [9.17, 15) is 9.18 Å². The molecule has 0 saturated heterocycles. The van der Waals surface area contributed by atoms with Crippen LogP contribution in [0.5, 0.6) is 11.5 Å². The fraction of sp³-hybridized carbons (Fsp3) is 0.316. The molecule has 25 heavy (non-hydrogen) atoms. The van der Waals surface area contributed by atoms with E-state index < -0.39 is 0 Å². The third-order valence-corrected chi connectivity index (χ3v) is 4.87. The van der Waals surface area contributed by atoms with Gasteiger partial charge in [0.2, 0.25) is 12.7 Å². The molecular weight excluding hydrogens is 341 g/mol. The van der Waals surface area contributed by atoms with Gasteiger partial charge in [-0.15, -0.1) is 0 Å². The first-order valence-electron chi connectivity index (χ1n) is 8.19. The molecule has 0 saturated carbocycles. The standard InChI is InChI=1S/C19H20FNO3S/c20-16-4-2-1-3-15(16)12-25-10-9-21-19(22)8-6-14-5-7-17-18(11-14)24-13-23-17/h1-5,7,11H,6,8-10,12-13H2,(H,21,22). The third-order valence-electron chi connectivity index (χ3n) is 3.86. The molecule has 4 nitrogen and oxygen atoms in total. The van der Waals surface area contributed by atoms with E-state index in [0.717, 1.165) is 22.8 Å². The van der Waals surface area contributed by atoms with Crippen molar-refractivity contribution in [3.8, 4) is 11.5 Å². The van der Waals surface area contributed by atoms with Crippen molar-refractivity contribution in [2.45, 2.75) is 18.6 Å². The van der Waals surface area contributed by atoms with Crippen LogP contribution in [0.1, 0.15) is 17.5 Å². The lowest BCUT2D eigenvalue weighted by atomic mass is 10.1. The van der Waals surface area contributed by atoms with Crippen molar-refractivity contribution in [2.75, 3.05) is 19.1 Å². The van der Waals surface area contributed by atoms with E-state index in [-0.39, 0.29) is 18.5 Å². The van der Waals surface area contributed by atoms with Gasteiger partial charge in [0.05, 0.1) is 0 Å². The summed E-state index contributed by atoms with van der Waals surface area (Å²) >= 11 is 1.61. The maximum atomic E-state index is 13.5. The number of halogens is 1. The molecule has 0 bridgehead atoms. The number of hydrogen-bond acceptors (Lipinski definition) is 4. The van der Waals surface area contributed by atoms with Crippen molar-refractivity contribution in [1.29, 1.82) is 0 Å². The number of ether oxygens (including phenoxy) is 2. The first-order valence-corrected chi connectivity index (χ1v) is 9.34. The largest absolute Gasteiger partial charge is 0.454 e. The molecule has 0 unspecified atom stereocenters. The summed E-state index contributed by atoms with van der Waals surface area (Å²) in [5.74, 6) is 2.69. The normalized spacial score (nSPS) is 12.2. The summed E-state index contributed by atoms with van der Waals surface area (Å²) in [4.78, 5) is 11.9. The molecule has 0 aliphatic carbocycles. The highest BCUT2D eigenvalue weighted by molar-refractivity contribution is 7.98. The van der Waals surface area contributed by atoms with Crippen LogP contribution in [0.15, 0.2) is 42.5 Å². The number of rotatable bonds is 8. The first-order chi connectivity index (χ1) is 12.2. The van der Waals surface area contributed by atoms with Gasteiger partial charge in [0.15, 0.2) is 11.5 Å². The molecule has 3 rings (SSSR count). The van der Waals surface area contributed by atoms with Gasteiger partial charge in [0, 0.05) is 24.5 Å². The fourth-order valence-electron chi connectivity index (χ4n) is 2.50. The molecule has 0 aromatic heterocycles. The van der Waals surface area contributed by atoms with Crippen LogP contribution >= 0.6 is 11.8 Å². The Balaban J connectivity index is 1.31. The Labute approximate surface area is 150 Å². The second kappa shape index (κ2) is 8.76. The molecule has 0 atom stereocenters. The van der Waals surface area contributed by atoms with E-state index in [1.165, 1.54) is 6.07 Å². The Morgan fingerprint density at radius 2 is 2.00 bits per heavy atom. The van der Waals surface area contributed by atoms with Gasteiger partial charge in [-0.25, -0.2) is 4.39 Å². The van der Waals surface area contributed by atoms with Crippen LogP contribution in [0.3, 0.4) is 0 Å². The maximum absolute atomic E-state index is 13.5. The Kier molecular flexibility index (Phi) is 6.17. The molecule has 2 aromatic rings. The fourth-order valence-corrected chi connectivity index (χ4v) is 3.35. The molecular formula is C19H20FNO3S. The lowest BCUT2D eigenvalue weighted by Crippen LogP contribution is -2.25. The van der Waals surface area contributed by atoms with Crippen LogP contribution < -0.4 is 14.8 Å². The van der Waals surface area contributed by atoms with Crippen molar-refractivity contribution in [2.24, 2.45) is 0 Å². The minimum Gasteiger partial charge on any atom is -0.454 e. The van der Waals surface area contributed by atoms with Crippen molar-refractivity contribution in [3.05, 3.63) is 59.4 Å². The zero-order chi connectivity index (χ0) is 17.5. The van der Waals surface area contributed by atoms with Crippen LogP contribution in [0, 0.1) is 5.82 Å². The second-order valence-electron chi connectivity index (χ2n) is 5.68. The van der Waals surface area contributed by atoms with Crippen molar-refractivity contribution in [3.63, 3.8) is 0 Å². The molecule has 1 N–H and O–H groups in total. The highest BCUT2D eigenvalue weighted by atomic mass is 32.2. The van der Waals surface area contributed by atoms with E-state index in [1.807, 2.05) is 24.3 Å². The average Bonchev–Trinajstić information content (AvgIpc) is 3.09. The molecule has 132 valence electrons. The topological polar surface area (TPSA) is 47.6 Å². The number of benzene rings is 2. The van der Waals surface area contributed by atoms with Crippen LogP contribution in [0.4, 0.5) is 4.39 Å². The van der Waals surface area contributed by atoms with Gasteiger partial charge in [0.1, 0.15) is 5.82 Å². The van der Waals surface area contributed by atoms with Crippen LogP contribution in [0.2, 0.25) is 0 Å². The summed E-state index contributed by atoms with van der Waals surface area (Å²) in [6, 6.07) is 12.5. The highest BCUT2D eigenvalue weighted by Crippen LogP contribution is 2.32. The van der Waals surface area contributed by atoms with Crippen molar-refractivity contribution in [1.82, 2.24) is 5.32 Å². The van der Waals surface area contributed by atoms with Crippen LogP contribution in [-0.4, -0.2) is 25.0 Å². The minimum absolute atomic E-state index is 0.0177. The zero-order valence-electron chi connectivity index (χ0n) is 13.8. The van der Waals surface area contributed by atoms with Gasteiger partial charge in [-0.3, -0.25) is 4.79 Å². The SMILES string of the molecule is O=C(CCc1ccc2c(c1)OCO2)NCCSCc1ccccc1F. The Morgan fingerprint density at radius 3 is 2.88 bits per heavy atom. The molecule has 1 heterocycles. The van der Waals surface area contributed by atoms with E-state index in [0.29, 0.717) is 30.7 Å². The Hall–Kier alpha value is -2.21. The third kappa shape index (κ3) is 5.13. The van der Waals surface area contributed by atoms with Crippen molar-refractivity contribution < 1.29 is 18.7 Å². The smallest absolute Gasteiger partial charge is 0.231 e. The van der Waals surface area contributed by atoms with E-state index in [2.05, 4.69) is 5.32 Å². The number of aryl methyl sites for hydroxylation is 1. The molecule has 2 aromatic carbocycles. The predicted molar refractivity (Wildman–Crippen MR) is 96.5 cm³/mol. The number of nitrogens with one attached hydrogen (secondary N) is 1. The number of hydrogen-bond donors (Lipinski definition) is 1. The molecule has 0 fully saturated rings. The maximum Gasteiger partial charge on any atom is 0.231 e. The summed E-state index contributed by atoms with van der Waals surface area (Å²) < 4.78 is 24.1. The Morgan fingerprint density at radius 1 is 1.16 bits per heavy atom. The van der Waals surface area contributed by atoms with E-state index >= 15 is 0 Å². The van der Waals surface area contributed by atoms with Gasteiger partial charge in [-0.2, -0.15) is 11.8 Å². The molecule has 6 heteroatoms. The molecule has 0 spiro atoms. The molecule has 1 aliphatic heterocycles. The van der Waals surface area contributed by atoms with Gasteiger partial charge in [0.25, 0.3) is 0 Å². The quantitative estimate of drug-likeness (QED) is 0.731. The number of amides is 1. The monoisotopic (exact) mass is 361 g/mol.